The van der Waals surface area contributed by atoms with Gasteiger partial charge in [-0.25, -0.2) is 5.48 Å². The molecule has 1 aromatic carbocycles. The highest BCUT2D eigenvalue weighted by Gasteiger charge is 2.23. The number of rotatable bonds is 7. The van der Waals surface area contributed by atoms with Crippen LogP contribution in [0.1, 0.15) is 31.2 Å². The van der Waals surface area contributed by atoms with Crippen LogP contribution in [0.25, 0.3) is 6.08 Å². The Morgan fingerprint density at radius 3 is 2.50 bits per heavy atom. The molecule has 2 aliphatic heterocycles. The van der Waals surface area contributed by atoms with Crippen molar-refractivity contribution in [3.05, 3.63) is 35.9 Å². The predicted octanol–water partition coefficient (Wildman–Crippen LogP) is 1.63. The SMILES string of the molecule is O=CN1CCC(CNC2CCN(c3ccccc3/C=C/C(=O)NO)CC2)CC1. The number of benzene rings is 1. The zero-order valence-electron chi connectivity index (χ0n) is 16.2. The second kappa shape index (κ2) is 10.2. The van der Waals surface area contributed by atoms with Crippen LogP contribution in [0.3, 0.4) is 0 Å². The van der Waals surface area contributed by atoms with Crippen LogP contribution in [0.15, 0.2) is 30.3 Å². The first-order chi connectivity index (χ1) is 13.7. The van der Waals surface area contributed by atoms with Crippen LogP contribution in [-0.4, -0.2) is 61.2 Å². The molecule has 152 valence electrons. The van der Waals surface area contributed by atoms with Gasteiger partial charge in [0.1, 0.15) is 0 Å². The lowest BCUT2D eigenvalue weighted by atomic mass is 9.95. The van der Waals surface area contributed by atoms with Gasteiger partial charge >= 0.3 is 0 Å². The van der Waals surface area contributed by atoms with Crippen LogP contribution in [0.4, 0.5) is 5.69 Å². The summed E-state index contributed by atoms with van der Waals surface area (Å²) in [5, 5.41) is 12.4. The standard InChI is InChI=1S/C21H30N4O3/c26-16-24-11-7-17(8-12-24)15-22-19-9-13-25(14-10-19)20-4-2-1-3-18(20)5-6-21(27)23-28/h1-6,16-17,19,22,28H,7-15H2,(H,23,27)/b6-5+. The first kappa shape index (κ1) is 20.4. The second-order valence-corrected chi connectivity index (χ2v) is 7.62. The zero-order valence-corrected chi connectivity index (χ0v) is 16.2. The van der Waals surface area contributed by atoms with Crippen LogP contribution >= 0.6 is 0 Å². The monoisotopic (exact) mass is 386 g/mol. The van der Waals surface area contributed by atoms with Gasteiger partial charge in [-0.15, -0.1) is 0 Å². The fraction of sp³-hybridized carbons (Fsp3) is 0.524. The minimum absolute atomic E-state index is 0.531. The summed E-state index contributed by atoms with van der Waals surface area (Å²) in [7, 11) is 0. The van der Waals surface area contributed by atoms with Gasteiger partial charge in [0.25, 0.3) is 5.91 Å². The lowest BCUT2D eigenvalue weighted by Crippen LogP contribution is -2.45. The largest absolute Gasteiger partial charge is 0.371 e. The van der Waals surface area contributed by atoms with Gasteiger partial charge in [0.2, 0.25) is 6.41 Å². The Labute approximate surface area is 166 Å². The summed E-state index contributed by atoms with van der Waals surface area (Å²) in [4.78, 5) is 26.3. The fourth-order valence-electron chi connectivity index (χ4n) is 4.04. The highest BCUT2D eigenvalue weighted by Crippen LogP contribution is 2.25. The molecule has 0 saturated carbocycles. The lowest BCUT2D eigenvalue weighted by Gasteiger charge is -2.36. The van der Waals surface area contributed by atoms with Crippen molar-refractivity contribution in [3.63, 3.8) is 0 Å². The molecule has 7 nitrogen and oxygen atoms in total. The van der Waals surface area contributed by atoms with Gasteiger partial charge in [-0.2, -0.15) is 0 Å². The molecule has 3 rings (SSSR count). The number of carbonyl (C=O) groups excluding carboxylic acids is 2. The molecule has 0 aliphatic carbocycles. The molecule has 2 aliphatic rings. The Kier molecular flexibility index (Phi) is 7.45. The fourth-order valence-corrected chi connectivity index (χ4v) is 4.04. The van der Waals surface area contributed by atoms with E-state index in [9.17, 15) is 9.59 Å². The van der Waals surface area contributed by atoms with Crippen LogP contribution in [0.2, 0.25) is 0 Å². The van der Waals surface area contributed by atoms with Crippen LogP contribution in [-0.2, 0) is 9.59 Å². The van der Waals surface area contributed by atoms with Crippen molar-refractivity contribution >= 4 is 24.1 Å². The third kappa shape index (κ3) is 5.56. The summed E-state index contributed by atoms with van der Waals surface area (Å²) in [6.45, 7) is 4.74. The molecule has 0 atom stereocenters. The Hall–Kier alpha value is -2.38. The van der Waals surface area contributed by atoms with Gasteiger partial charge in [0.05, 0.1) is 0 Å². The molecule has 3 N–H and O–H groups in total. The number of nitrogens with one attached hydrogen (secondary N) is 2. The molecule has 1 aromatic rings. The quantitative estimate of drug-likeness (QED) is 0.287. The normalized spacial score (nSPS) is 19.2. The molecule has 2 heterocycles. The molecule has 2 amide bonds. The first-order valence-corrected chi connectivity index (χ1v) is 10.1. The molecular formula is C21H30N4O3. The van der Waals surface area contributed by atoms with Crippen molar-refractivity contribution in [2.45, 2.75) is 31.7 Å². The summed E-state index contributed by atoms with van der Waals surface area (Å²) in [5.74, 6) is 0.134. The predicted molar refractivity (Wildman–Crippen MR) is 109 cm³/mol. The van der Waals surface area contributed by atoms with Crippen molar-refractivity contribution < 1.29 is 14.8 Å². The summed E-state index contributed by atoms with van der Waals surface area (Å²) in [6.07, 6.45) is 8.38. The number of likely N-dealkylation sites (tertiary alicyclic amines) is 1. The number of hydrogen-bond acceptors (Lipinski definition) is 5. The minimum atomic E-state index is -0.531. The highest BCUT2D eigenvalue weighted by atomic mass is 16.5. The van der Waals surface area contributed by atoms with Crippen molar-refractivity contribution in [1.82, 2.24) is 15.7 Å². The van der Waals surface area contributed by atoms with Gasteiger partial charge in [0.15, 0.2) is 0 Å². The average Bonchev–Trinajstić information content (AvgIpc) is 2.77. The van der Waals surface area contributed by atoms with E-state index >= 15 is 0 Å². The number of hydroxylamine groups is 1. The number of nitrogens with zero attached hydrogens (tertiary/aromatic N) is 2. The zero-order chi connectivity index (χ0) is 19.8. The topological polar surface area (TPSA) is 84.9 Å². The number of hydrogen-bond donors (Lipinski definition) is 3. The van der Waals surface area contributed by atoms with Crippen LogP contribution in [0, 0.1) is 5.92 Å². The van der Waals surface area contributed by atoms with E-state index in [-0.39, 0.29) is 0 Å². The van der Waals surface area contributed by atoms with Crippen LogP contribution < -0.4 is 15.7 Å². The van der Waals surface area contributed by atoms with Gasteiger partial charge < -0.3 is 15.1 Å². The van der Waals surface area contributed by atoms with E-state index < -0.39 is 5.91 Å². The summed E-state index contributed by atoms with van der Waals surface area (Å²) < 4.78 is 0. The Balaban J connectivity index is 1.47. The second-order valence-electron chi connectivity index (χ2n) is 7.62. The van der Waals surface area contributed by atoms with Crippen molar-refractivity contribution in [1.29, 1.82) is 0 Å². The summed E-state index contributed by atoms with van der Waals surface area (Å²) in [5.41, 5.74) is 3.71. The molecule has 0 spiro atoms. The van der Waals surface area contributed by atoms with Crippen molar-refractivity contribution in [3.8, 4) is 0 Å². The smallest absolute Gasteiger partial charge is 0.267 e. The van der Waals surface area contributed by atoms with E-state index in [1.165, 1.54) is 6.08 Å². The number of amides is 2. The Morgan fingerprint density at radius 2 is 1.82 bits per heavy atom. The van der Waals surface area contributed by atoms with Crippen molar-refractivity contribution in [2.24, 2.45) is 5.92 Å². The van der Waals surface area contributed by atoms with E-state index in [1.807, 2.05) is 23.1 Å². The van der Waals surface area contributed by atoms with Gasteiger partial charge in [-0.3, -0.25) is 14.8 Å². The molecule has 0 aromatic heterocycles. The van der Waals surface area contributed by atoms with Gasteiger partial charge in [-0.05, 0) is 55.9 Å². The van der Waals surface area contributed by atoms with Crippen LogP contribution in [0.5, 0.6) is 0 Å². The molecule has 0 bridgehead atoms. The summed E-state index contributed by atoms with van der Waals surface area (Å²) >= 11 is 0. The average molecular weight is 386 g/mol. The highest BCUT2D eigenvalue weighted by molar-refractivity contribution is 5.91. The number of anilines is 1. The Bertz CT molecular complexity index is 678. The van der Waals surface area contributed by atoms with Gasteiger partial charge in [0, 0.05) is 44.0 Å². The van der Waals surface area contributed by atoms with Crippen molar-refractivity contribution in [2.75, 3.05) is 37.6 Å². The molecular weight excluding hydrogens is 356 g/mol. The third-order valence-corrected chi connectivity index (χ3v) is 5.79. The van der Waals surface area contributed by atoms with E-state index in [0.717, 1.165) is 76.1 Å². The molecule has 0 radical (unpaired) electrons. The third-order valence-electron chi connectivity index (χ3n) is 5.79. The molecule has 28 heavy (non-hydrogen) atoms. The Morgan fingerprint density at radius 1 is 1.11 bits per heavy atom. The maximum Gasteiger partial charge on any atom is 0.267 e. The maximum atomic E-state index is 11.3. The van der Waals surface area contributed by atoms with E-state index in [2.05, 4.69) is 16.3 Å². The lowest BCUT2D eigenvalue weighted by molar-refractivity contribution is -0.124. The van der Waals surface area contributed by atoms with Gasteiger partial charge in [-0.1, -0.05) is 18.2 Å². The molecule has 7 heteroatoms. The van der Waals surface area contributed by atoms with E-state index in [0.29, 0.717) is 12.0 Å². The number of piperidine rings is 2. The maximum absolute atomic E-state index is 11.3. The van der Waals surface area contributed by atoms with E-state index in [4.69, 9.17) is 5.21 Å². The molecule has 2 fully saturated rings. The minimum Gasteiger partial charge on any atom is -0.371 e. The number of para-hydroxylation sites is 1. The number of carbonyl (C=O) groups is 2. The molecule has 2 saturated heterocycles. The summed E-state index contributed by atoms with van der Waals surface area (Å²) in [6, 6.07) is 8.54. The first-order valence-electron chi connectivity index (χ1n) is 10.1. The molecule has 0 unspecified atom stereocenters. The van der Waals surface area contributed by atoms with E-state index in [1.54, 1.807) is 11.6 Å².